The maximum atomic E-state index is 9.43. The van der Waals surface area contributed by atoms with Crippen molar-refractivity contribution in [1.29, 1.82) is 0 Å². The zero-order valence-electron chi connectivity index (χ0n) is 11.1. The van der Waals surface area contributed by atoms with E-state index in [9.17, 15) is 5.11 Å². The van der Waals surface area contributed by atoms with Crippen molar-refractivity contribution in [3.8, 4) is 0 Å². The molecular formula is C14H20O3S. The molecule has 100 valence electrons. The molecule has 2 rings (SSSR count). The van der Waals surface area contributed by atoms with Crippen LogP contribution < -0.4 is 0 Å². The molecule has 0 saturated carbocycles. The molecule has 1 unspecified atom stereocenters. The van der Waals surface area contributed by atoms with Gasteiger partial charge in [-0.15, -0.1) is 11.8 Å². The van der Waals surface area contributed by atoms with Crippen molar-refractivity contribution in [2.75, 3.05) is 12.4 Å². The Morgan fingerprint density at radius 3 is 2.56 bits per heavy atom. The fourth-order valence-electron chi connectivity index (χ4n) is 1.88. The van der Waals surface area contributed by atoms with Gasteiger partial charge in [-0.25, -0.2) is 0 Å². The Bertz CT molecular complexity index is 387. The summed E-state index contributed by atoms with van der Waals surface area (Å²) in [6.07, 6.45) is -0.252. The Hall–Kier alpha value is -0.550. The van der Waals surface area contributed by atoms with Crippen molar-refractivity contribution in [2.24, 2.45) is 0 Å². The molecule has 0 aromatic heterocycles. The van der Waals surface area contributed by atoms with Crippen LogP contribution in [0.3, 0.4) is 0 Å². The van der Waals surface area contributed by atoms with Gasteiger partial charge in [0.1, 0.15) is 0 Å². The number of aliphatic hydroxyl groups excluding tert-OH is 1. The van der Waals surface area contributed by atoms with E-state index in [-0.39, 0.29) is 6.10 Å². The number of ether oxygens (including phenoxy) is 2. The quantitative estimate of drug-likeness (QED) is 0.852. The summed E-state index contributed by atoms with van der Waals surface area (Å²) in [6.45, 7) is 6.31. The molecule has 1 aromatic carbocycles. The second-order valence-electron chi connectivity index (χ2n) is 5.01. The molecule has 0 spiro atoms. The first-order valence-corrected chi connectivity index (χ1v) is 7.17. The lowest BCUT2D eigenvalue weighted by molar-refractivity contribution is -0.135. The normalized spacial score (nSPS) is 24.1. The number of aliphatic hydroxyl groups is 1. The van der Waals surface area contributed by atoms with Crippen molar-refractivity contribution < 1.29 is 14.6 Å². The van der Waals surface area contributed by atoms with Gasteiger partial charge in [-0.2, -0.15) is 0 Å². The summed E-state index contributed by atoms with van der Waals surface area (Å²) in [5.74, 6) is 0.443. The van der Waals surface area contributed by atoms with Crippen LogP contribution >= 0.6 is 11.8 Å². The summed E-state index contributed by atoms with van der Waals surface area (Å²) in [4.78, 5) is 1.19. The highest BCUT2D eigenvalue weighted by Gasteiger charge is 2.32. The monoisotopic (exact) mass is 268 g/mol. The topological polar surface area (TPSA) is 38.7 Å². The smallest absolute Gasteiger partial charge is 0.163 e. The first kappa shape index (κ1) is 13.9. The molecule has 0 amide bonds. The van der Waals surface area contributed by atoms with Crippen molar-refractivity contribution in [3.63, 3.8) is 0 Å². The van der Waals surface area contributed by atoms with Gasteiger partial charge in [-0.3, -0.25) is 0 Å². The standard InChI is InChI=1S/C14H20O3S/c1-10(15)11-4-6-13(7-5-11)18-9-12-8-16-14(2,3)17-12/h4-7,10,12,15H,8-9H2,1-3H3/t10?,12-/m1/s1. The summed E-state index contributed by atoms with van der Waals surface area (Å²) in [7, 11) is 0. The summed E-state index contributed by atoms with van der Waals surface area (Å²) in [5.41, 5.74) is 0.945. The average Bonchev–Trinajstić information content (AvgIpc) is 2.67. The fourth-order valence-corrected chi connectivity index (χ4v) is 2.75. The molecule has 0 bridgehead atoms. The highest BCUT2D eigenvalue weighted by atomic mass is 32.2. The zero-order valence-corrected chi connectivity index (χ0v) is 11.9. The van der Waals surface area contributed by atoms with Gasteiger partial charge in [0.25, 0.3) is 0 Å². The molecule has 0 radical (unpaired) electrons. The third kappa shape index (κ3) is 3.72. The fraction of sp³-hybridized carbons (Fsp3) is 0.571. The lowest BCUT2D eigenvalue weighted by atomic mass is 10.1. The van der Waals surface area contributed by atoms with Crippen LogP contribution in [-0.4, -0.2) is 29.4 Å². The molecular weight excluding hydrogens is 248 g/mol. The van der Waals surface area contributed by atoms with E-state index in [0.717, 1.165) is 11.3 Å². The Balaban J connectivity index is 1.84. The van der Waals surface area contributed by atoms with Gasteiger partial charge >= 0.3 is 0 Å². The Morgan fingerprint density at radius 1 is 1.39 bits per heavy atom. The minimum atomic E-state index is -0.443. The van der Waals surface area contributed by atoms with E-state index in [4.69, 9.17) is 9.47 Å². The molecule has 3 nitrogen and oxygen atoms in total. The van der Waals surface area contributed by atoms with Crippen molar-refractivity contribution in [1.82, 2.24) is 0 Å². The molecule has 1 saturated heterocycles. The molecule has 1 aliphatic heterocycles. The molecule has 1 aliphatic rings. The number of hydrogen-bond acceptors (Lipinski definition) is 4. The first-order chi connectivity index (χ1) is 8.46. The maximum absolute atomic E-state index is 9.43. The van der Waals surface area contributed by atoms with Crippen molar-refractivity contribution in [3.05, 3.63) is 29.8 Å². The van der Waals surface area contributed by atoms with E-state index in [2.05, 4.69) is 0 Å². The van der Waals surface area contributed by atoms with Crippen molar-refractivity contribution in [2.45, 2.75) is 43.7 Å². The lowest BCUT2D eigenvalue weighted by Crippen LogP contribution is -2.22. The Morgan fingerprint density at radius 2 is 2.06 bits per heavy atom. The number of benzene rings is 1. The highest BCUT2D eigenvalue weighted by molar-refractivity contribution is 7.99. The predicted molar refractivity (Wildman–Crippen MR) is 72.7 cm³/mol. The van der Waals surface area contributed by atoms with Crippen LogP contribution in [0, 0.1) is 0 Å². The van der Waals surface area contributed by atoms with Gasteiger partial charge in [-0.05, 0) is 38.5 Å². The number of rotatable bonds is 4. The van der Waals surface area contributed by atoms with Gasteiger partial charge in [0.2, 0.25) is 0 Å². The molecule has 4 heteroatoms. The molecule has 1 fully saturated rings. The first-order valence-electron chi connectivity index (χ1n) is 6.19. The van der Waals surface area contributed by atoms with Crippen LogP contribution in [0.1, 0.15) is 32.4 Å². The zero-order chi connectivity index (χ0) is 13.2. The summed E-state index contributed by atoms with van der Waals surface area (Å²) >= 11 is 1.75. The van der Waals surface area contributed by atoms with Crippen LogP contribution in [0.15, 0.2) is 29.2 Å². The molecule has 18 heavy (non-hydrogen) atoms. The van der Waals surface area contributed by atoms with Gasteiger partial charge in [0.05, 0.1) is 18.8 Å². The van der Waals surface area contributed by atoms with E-state index in [1.165, 1.54) is 4.90 Å². The van der Waals surface area contributed by atoms with Crippen molar-refractivity contribution >= 4 is 11.8 Å². The minimum Gasteiger partial charge on any atom is -0.389 e. The van der Waals surface area contributed by atoms with Gasteiger partial charge < -0.3 is 14.6 Å². The van der Waals surface area contributed by atoms with Gasteiger partial charge in [-0.1, -0.05) is 12.1 Å². The van der Waals surface area contributed by atoms with E-state index in [0.29, 0.717) is 6.61 Å². The van der Waals surface area contributed by atoms with Gasteiger partial charge in [0, 0.05) is 10.6 Å². The van der Waals surface area contributed by atoms with E-state index in [1.807, 2.05) is 38.1 Å². The Labute approximate surface area is 112 Å². The molecule has 1 aromatic rings. The predicted octanol–water partition coefficient (Wildman–Crippen LogP) is 2.98. The van der Waals surface area contributed by atoms with Gasteiger partial charge in [0.15, 0.2) is 5.79 Å². The third-order valence-electron chi connectivity index (χ3n) is 2.87. The number of hydrogen-bond donors (Lipinski definition) is 1. The lowest BCUT2D eigenvalue weighted by Gasteiger charge is -2.16. The summed E-state index contributed by atoms with van der Waals surface area (Å²) in [6, 6.07) is 7.99. The van der Waals surface area contributed by atoms with Crippen LogP contribution in [0.4, 0.5) is 0 Å². The average molecular weight is 268 g/mol. The minimum absolute atomic E-state index is 0.154. The molecule has 1 heterocycles. The second-order valence-corrected chi connectivity index (χ2v) is 6.10. The van der Waals surface area contributed by atoms with E-state index < -0.39 is 11.9 Å². The summed E-state index contributed by atoms with van der Waals surface area (Å²) in [5, 5.41) is 9.43. The van der Waals surface area contributed by atoms with Crippen LogP contribution in [0.2, 0.25) is 0 Å². The molecule has 1 N–H and O–H groups in total. The number of thioether (sulfide) groups is 1. The third-order valence-corrected chi connectivity index (χ3v) is 4.01. The SMILES string of the molecule is CC(O)c1ccc(SC[C@H]2COC(C)(C)O2)cc1. The largest absolute Gasteiger partial charge is 0.389 e. The Kier molecular flexibility index (Phi) is 4.33. The van der Waals surface area contributed by atoms with Crippen LogP contribution in [0.5, 0.6) is 0 Å². The van der Waals surface area contributed by atoms with E-state index >= 15 is 0 Å². The van der Waals surface area contributed by atoms with Crippen LogP contribution in [0.25, 0.3) is 0 Å². The van der Waals surface area contributed by atoms with Crippen LogP contribution in [-0.2, 0) is 9.47 Å². The molecule has 0 aliphatic carbocycles. The summed E-state index contributed by atoms with van der Waals surface area (Å²) < 4.78 is 11.3. The maximum Gasteiger partial charge on any atom is 0.163 e. The second kappa shape index (κ2) is 5.61. The highest BCUT2D eigenvalue weighted by Crippen LogP contribution is 2.28. The molecule has 2 atom stereocenters. The van der Waals surface area contributed by atoms with E-state index in [1.54, 1.807) is 18.7 Å².